The summed E-state index contributed by atoms with van der Waals surface area (Å²) in [4.78, 5) is 65.0. The Hall–Kier alpha value is -4.37. The molecule has 0 spiro atoms. The second-order valence-corrected chi connectivity index (χ2v) is 14.1. The fourth-order valence-electron chi connectivity index (χ4n) is 7.25. The Labute approximate surface area is 295 Å². The number of aliphatic hydroxyl groups is 3. The molecule has 14 nitrogen and oxygen atoms in total. The molecule has 1 aromatic rings. The maximum Gasteiger partial charge on any atom is 0.314 e. The molecule has 6 N–H and O–H groups in total. The van der Waals surface area contributed by atoms with E-state index in [1.54, 1.807) is 32.9 Å². The summed E-state index contributed by atoms with van der Waals surface area (Å²) in [5.41, 5.74) is -2.53. The number of carbonyl (C=O) groups is 5. The van der Waals surface area contributed by atoms with E-state index in [0.29, 0.717) is 0 Å². The SMILES string of the molecule is COC(=O)C(C)[C@H]1O[C@@H]([C@@H]2C(=O)O[C@H]([C@H](C)/C=C\C=C(/C)C(=O)NC3=C(C)C(=O)c4cc(O)c(C)c(O)c4C3=O)[C@@H](C)[C@H]2O)[C@H](C)[C@@H](O)[C@]1(C)O. The highest BCUT2D eigenvalue weighted by Gasteiger charge is 2.59. The zero-order valence-corrected chi connectivity index (χ0v) is 30.1. The second kappa shape index (κ2) is 14.7. The van der Waals surface area contributed by atoms with Crippen LogP contribution in [0.5, 0.6) is 11.5 Å². The van der Waals surface area contributed by atoms with Crippen LogP contribution in [0.4, 0.5) is 0 Å². The van der Waals surface area contributed by atoms with E-state index >= 15 is 0 Å². The molecule has 0 saturated carbocycles. The summed E-state index contributed by atoms with van der Waals surface area (Å²) in [5.74, 6) is -8.61. The lowest BCUT2D eigenvalue weighted by Crippen LogP contribution is -2.67. The quantitative estimate of drug-likeness (QED) is 0.129. The molecule has 278 valence electrons. The molecule has 2 aliphatic heterocycles. The number of cyclic esters (lactones) is 1. The number of ketones is 2. The van der Waals surface area contributed by atoms with E-state index in [2.05, 4.69) is 5.32 Å². The van der Waals surface area contributed by atoms with E-state index in [-0.39, 0.29) is 39.3 Å². The number of amides is 1. The first-order chi connectivity index (χ1) is 23.7. The summed E-state index contributed by atoms with van der Waals surface area (Å²) in [5, 5.41) is 56.5. The number of nitrogens with one attached hydrogen (secondary N) is 1. The van der Waals surface area contributed by atoms with Crippen molar-refractivity contribution in [2.45, 2.75) is 91.5 Å². The second-order valence-electron chi connectivity index (χ2n) is 14.1. The predicted molar refractivity (Wildman–Crippen MR) is 180 cm³/mol. The average molecular weight is 714 g/mol. The molecule has 3 aliphatic rings. The Bertz CT molecular complexity index is 1720. The third-order valence-corrected chi connectivity index (χ3v) is 10.6. The Kier molecular flexibility index (Phi) is 11.4. The van der Waals surface area contributed by atoms with Crippen molar-refractivity contribution in [3.8, 4) is 11.5 Å². The lowest BCUT2D eigenvalue weighted by molar-refractivity contribution is -0.277. The average Bonchev–Trinajstić information content (AvgIpc) is 3.08. The van der Waals surface area contributed by atoms with Gasteiger partial charge in [0.25, 0.3) is 5.91 Å². The number of carbonyl (C=O) groups excluding carboxylic acids is 5. The number of hydrogen-bond acceptors (Lipinski definition) is 13. The maximum absolute atomic E-state index is 13.4. The summed E-state index contributed by atoms with van der Waals surface area (Å²) in [7, 11) is 1.18. The third-order valence-electron chi connectivity index (χ3n) is 10.6. The van der Waals surface area contributed by atoms with E-state index in [9.17, 15) is 49.5 Å². The molecule has 2 fully saturated rings. The zero-order chi connectivity index (χ0) is 38.4. The molecule has 0 aromatic heterocycles. The Morgan fingerprint density at radius 3 is 2.29 bits per heavy atom. The van der Waals surface area contributed by atoms with Gasteiger partial charge in [-0.05, 0) is 40.7 Å². The van der Waals surface area contributed by atoms with Gasteiger partial charge in [-0.2, -0.15) is 0 Å². The van der Waals surface area contributed by atoms with Crippen LogP contribution in [0.15, 0.2) is 41.1 Å². The van der Waals surface area contributed by atoms with Gasteiger partial charge in [-0.25, -0.2) is 0 Å². The van der Waals surface area contributed by atoms with Gasteiger partial charge in [-0.15, -0.1) is 0 Å². The molecule has 2 saturated heterocycles. The number of Topliss-reactive ketones (excluding diaryl/α,β-unsaturated/α-hetero) is 2. The third kappa shape index (κ3) is 6.97. The van der Waals surface area contributed by atoms with Crippen molar-refractivity contribution in [1.82, 2.24) is 5.32 Å². The molecular weight excluding hydrogens is 666 g/mol. The number of allylic oxidation sites excluding steroid dienone is 4. The van der Waals surface area contributed by atoms with E-state index < -0.39 is 101 Å². The summed E-state index contributed by atoms with van der Waals surface area (Å²) in [6.07, 6.45) is -1.18. The van der Waals surface area contributed by atoms with Gasteiger partial charge in [-0.3, -0.25) is 24.0 Å². The highest BCUT2D eigenvalue weighted by atomic mass is 16.6. The van der Waals surface area contributed by atoms with Gasteiger partial charge < -0.3 is 45.1 Å². The minimum atomic E-state index is -1.86. The molecule has 11 atom stereocenters. The molecule has 51 heavy (non-hydrogen) atoms. The molecule has 1 aromatic carbocycles. The van der Waals surface area contributed by atoms with Crippen molar-refractivity contribution in [2.75, 3.05) is 7.11 Å². The van der Waals surface area contributed by atoms with Crippen molar-refractivity contribution < 1.29 is 63.7 Å². The molecule has 1 aliphatic carbocycles. The van der Waals surface area contributed by atoms with Gasteiger partial charge in [0.1, 0.15) is 35.2 Å². The van der Waals surface area contributed by atoms with Crippen molar-refractivity contribution >= 4 is 29.4 Å². The lowest BCUT2D eigenvalue weighted by atomic mass is 9.69. The Balaban J connectivity index is 1.46. The number of esters is 2. The Morgan fingerprint density at radius 2 is 1.69 bits per heavy atom. The van der Waals surface area contributed by atoms with Crippen LogP contribution in [0, 0.1) is 36.5 Å². The number of benzene rings is 1. The van der Waals surface area contributed by atoms with Crippen LogP contribution in [0.1, 0.15) is 74.7 Å². The first-order valence-electron chi connectivity index (χ1n) is 16.7. The van der Waals surface area contributed by atoms with Crippen LogP contribution in [-0.4, -0.2) is 98.2 Å². The van der Waals surface area contributed by atoms with Gasteiger partial charge in [0.2, 0.25) is 5.78 Å². The minimum absolute atomic E-state index is 0.0142. The topological polar surface area (TPSA) is 226 Å². The number of phenols is 2. The van der Waals surface area contributed by atoms with Gasteiger partial charge in [0, 0.05) is 40.0 Å². The van der Waals surface area contributed by atoms with E-state index in [1.807, 2.05) is 0 Å². The van der Waals surface area contributed by atoms with Crippen LogP contribution in [-0.2, 0) is 28.6 Å². The monoisotopic (exact) mass is 713 g/mol. The van der Waals surface area contributed by atoms with Crippen LogP contribution in [0.2, 0.25) is 0 Å². The van der Waals surface area contributed by atoms with Gasteiger partial charge in [0.05, 0.1) is 42.6 Å². The molecule has 0 bridgehead atoms. The number of rotatable bonds is 8. The smallest absolute Gasteiger partial charge is 0.314 e. The standard InChI is InChI=1S/C37H47NO13/c1-14(11-10-12-15(2)34(45)38-25-17(4)26(40)21-13-22(39)16(3)27(41)23(21)29(25)43)30-18(5)28(42)24(36(47)51-30)31-19(6)32(44)37(8,48)33(50-31)20(7)35(46)49-9/h10-14,18-20,24,28,30-33,39,41-42,44,48H,1-9H3,(H,38,45)/b11-10-,15-12+/t14-,18+,19+,20?,24-,28-,30-,31-,32-,33-,37+/m1/s1. The molecule has 14 heteroatoms. The van der Waals surface area contributed by atoms with Crippen LogP contribution in [0.3, 0.4) is 0 Å². The molecule has 0 radical (unpaired) electrons. The number of aromatic hydroxyl groups is 2. The number of methoxy groups -OCH3 is 1. The van der Waals surface area contributed by atoms with Crippen molar-refractivity contribution in [3.63, 3.8) is 0 Å². The van der Waals surface area contributed by atoms with Crippen molar-refractivity contribution in [3.05, 3.63) is 57.8 Å². The number of fused-ring (bicyclic) bond motifs is 1. The van der Waals surface area contributed by atoms with Crippen LogP contribution < -0.4 is 5.32 Å². The number of ether oxygens (including phenoxy) is 3. The number of aliphatic hydroxyl groups excluding tert-OH is 2. The first-order valence-corrected chi connectivity index (χ1v) is 16.7. The predicted octanol–water partition coefficient (Wildman–Crippen LogP) is 2.18. The fourth-order valence-corrected chi connectivity index (χ4v) is 7.25. The van der Waals surface area contributed by atoms with Crippen LogP contribution in [0.25, 0.3) is 0 Å². The minimum Gasteiger partial charge on any atom is -0.508 e. The summed E-state index contributed by atoms with van der Waals surface area (Å²) >= 11 is 0. The largest absolute Gasteiger partial charge is 0.508 e. The van der Waals surface area contributed by atoms with Crippen molar-refractivity contribution in [1.29, 1.82) is 0 Å². The maximum atomic E-state index is 13.4. The molecule has 1 amide bonds. The summed E-state index contributed by atoms with van der Waals surface area (Å²) in [6.45, 7) is 12.0. The van der Waals surface area contributed by atoms with Gasteiger partial charge >= 0.3 is 11.9 Å². The van der Waals surface area contributed by atoms with E-state index in [0.717, 1.165) is 6.07 Å². The van der Waals surface area contributed by atoms with Gasteiger partial charge in [-0.1, -0.05) is 39.0 Å². The zero-order valence-electron chi connectivity index (χ0n) is 30.1. The lowest BCUT2D eigenvalue weighted by Gasteiger charge is -2.52. The molecular formula is C37H47NO13. The summed E-state index contributed by atoms with van der Waals surface area (Å²) < 4.78 is 16.7. The van der Waals surface area contributed by atoms with Gasteiger partial charge in [0.15, 0.2) is 5.78 Å². The highest BCUT2D eigenvalue weighted by Crippen LogP contribution is 2.44. The van der Waals surface area contributed by atoms with E-state index in [4.69, 9.17) is 14.2 Å². The fraction of sp³-hybridized carbons (Fsp3) is 0.541. The summed E-state index contributed by atoms with van der Waals surface area (Å²) in [6, 6.07) is 1.11. The molecule has 4 rings (SSSR count). The highest BCUT2D eigenvalue weighted by molar-refractivity contribution is 6.28. The Morgan fingerprint density at radius 1 is 1.06 bits per heavy atom. The van der Waals surface area contributed by atoms with Crippen molar-refractivity contribution in [2.24, 2.45) is 29.6 Å². The first kappa shape index (κ1) is 39.4. The molecule has 1 unspecified atom stereocenters. The number of hydrogen-bond donors (Lipinski definition) is 6. The number of phenolic OH excluding ortho intramolecular Hbond substituents is 2. The van der Waals surface area contributed by atoms with Crippen LogP contribution >= 0.6 is 0 Å². The normalized spacial score (nSPS) is 32.7. The molecule has 2 heterocycles. The van der Waals surface area contributed by atoms with E-state index in [1.165, 1.54) is 47.8 Å².